The molecule has 2 saturated heterocycles. The lowest BCUT2D eigenvalue weighted by Crippen LogP contribution is -2.37. The summed E-state index contributed by atoms with van der Waals surface area (Å²) in [6, 6.07) is 6.53. The van der Waals surface area contributed by atoms with Crippen molar-refractivity contribution >= 4 is 55.9 Å². The Hall–Kier alpha value is -1.58. The molecule has 0 aromatic heterocycles. The van der Waals surface area contributed by atoms with Gasteiger partial charge in [-0.3, -0.25) is 4.79 Å². The van der Waals surface area contributed by atoms with Crippen molar-refractivity contribution in [2.24, 2.45) is 4.99 Å². The molecule has 0 bridgehead atoms. The van der Waals surface area contributed by atoms with Gasteiger partial charge in [0.25, 0.3) is 0 Å². The van der Waals surface area contributed by atoms with Gasteiger partial charge in [-0.05, 0) is 24.6 Å². The van der Waals surface area contributed by atoms with Crippen LogP contribution in [-0.4, -0.2) is 48.3 Å². The summed E-state index contributed by atoms with van der Waals surface area (Å²) < 4.78 is 23.9. The first kappa shape index (κ1) is 18.2. The fourth-order valence-corrected chi connectivity index (χ4v) is 6.98. The standard InChI is InChI=1S/C15H15ClN2O5S2/c16-9-2-1-3-10(6-9)18-11-7-25(22,23)8-12(11)24-15(18)17-13(19)4-5-14(20)21/h1-3,6,11-12H,4-5,7-8H2,(H,20,21)/p-1/t11-,12-/m1/s1. The number of sulfone groups is 1. The second kappa shape index (κ2) is 6.97. The van der Waals surface area contributed by atoms with Crippen LogP contribution in [-0.2, 0) is 19.4 Å². The molecular formula is C15H14ClN2O5S2-. The first-order valence-corrected chi connectivity index (χ1v) is 10.6. The molecule has 10 heteroatoms. The molecule has 25 heavy (non-hydrogen) atoms. The number of hydrogen-bond donors (Lipinski definition) is 0. The quantitative estimate of drug-likeness (QED) is 0.721. The number of halogens is 1. The molecule has 2 aliphatic rings. The number of carboxylic acids is 1. The normalized spacial score (nSPS) is 26.0. The third-order valence-electron chi connectivity index (χ3n) is 3.92. The first-order valence-electron chi connectivity index (χ1n) is 7.48. The topological polar surface area (TPSA) is 107 Å². The summed E-state index contributed by atoms with van der Waals surface area (Å²) in [5.74, 6) is -1.90. The Kier molecular flexibility index (Phi) is 5.08. The lowest BCUT2D eigenvalue weighted by Gasteiger charge is -2.24. The van der Waals surface area contributed by atoms with E-state index in [4.69, 9.17) is 11.6 Å². The van der Waals surface area contributed by atoms with Crippen LogP contribution in [0.25, 0.3) is 0 Å². The van der Waals surface area contributed by atoms with Gasteiger partial charge in [-0.15, -0.1) is 0 Å². The number of thioether (sulfide) groups is 1. The smallest absolute Gasteiger partial charge is 0.248 e. The molecular weight excluding hydrogens is 388 g/mol. The summed E-state index contributed by atoms with van der Waals surface area (Å²) in [4.78, 5) is 28.1. The highest BCUT2D eigenvalue weighted by Crippen LogP contribution is 2.41. The van der Waals surface area contributed by atoms with Crippen molar-refractivity contribution in [1.29, 1.82) is 0 Å². The highest BCUT2D eigenvalue weighted by molar-refractivity contribution is 8.16. The summed E-state index contributed by atoms with van der Waals surface area (Å²) in [5.41, 5.74) is 0.649. The van der Waals surface area contributed by atoms with E-state index in [0.29, 0.717) is 15.9 Å². The van der Waals surface area contributed by atoms with Gasteiger partial charge >= 0.3 is 0 Å². The highest BCUT2D eigenvalue weighted by Gasteiger charge is 2.49. The Balaban J connectivity index is 1.92. The number of fused-ring (bicyclic) bond motifs is 1. The maximum atomic E-state index is 11.9. The summed E-state index contributed by atoms with van der Waals surface area (Å²) in [6.07, 6.45) is -0.665. The molecule has 0 unspecified atom stereocenters. The van der Waals surface area contributed by atoms with Crippen LogP contribution in [0, 0.1) is 0 Å². The van der Waals surface area contributed by atoms with Gasteiger partial charge in [0.1, 0.15) is 0 Å². The maximum Gasteiger partial charge on any atom is 0.248 e. The van der Waals surface area contributed by atoms with Crippen molar-refractivity contribution in [2.45, 2.75) is 24.1 Å². The maximum absolute atomic E-state index is 11.9. The molecule has 1 aromatic rings. The van der Waals surface area contributed by atoms with Crippen LogP contribution in [0.4, 0.5) is 5.69 Å². The van der Waals surface area contributed by atoms with E-state index < -0.39 is 28.1 Å². The highest BCUT2D eigenvalue weighted by atomic mass is 35.5. The zero-order valence-electron chi connectivity index (χ0n) is 12.9. The number of anilines is 1. The fourth-order valence-electron chi connectivity index (χ4n) is 2.86. The van der Waals surface area contributed by atoms with Gasteiger partial charge in [-0.25, -0.2) is 8.42 Å². The molecule has 2 fully saturated rings. The Morgan fingerprint density at radius 2 is 2.08 bits per heavy atom. The SMILES string of the molecule is O=C([O-])CCC(=O)N=C1S[C@@H]2CS(=O)(=O)C[C@H]2N1c1cccc(Cl)c1. The Bertz CT molecular complexity index is 855. The number of carboxylic acid groups (broad SMARTS) is 1. The molecule has 0 spiro atoms. The number of rotatable bonds is 4. The largest absolute Gasteiger partial charge is 0.550 e. The second-order valence-corrected chi connectivity index (χ2v) is 9.61. The summed E-state index contributed by atoms with van der Waals surface area (Å²) in [6.45, 7) is 0. The van der Waals surface area contributed by atoms with Gasteiger partial charge in [0.15, 0.2) is 15.0 Å². The summed E-state index contributed by atoms with van der Waals surface area (Å²) in [5, 5.41) is 11.1. The van der Waals surface area contributed by atoms with E-state index in [0.717, 1.165) is 0 Å². The third-order valence-corrected chi connectivity index (χ3v) is 7.36. The summed E-state index contributed by atoms with van der Waals surface area (Å²) >= 11 is 7.25. The fraction of sp³-hybridized carbons (Fsp3) is 0.400. The van der Waals surface area contributed by atoms with Crippen molar-refractivity contribution in [2.75, 3.05) is 16.4 Å². The minimum atomic E-state index is -3.15. The molecule has 2 heterocycles. The Labute approximate surface area is 154 Å². The zero-order valence-corrected chi connectivity index (χ0v) is 15.3. The number of amidine groups is 1. The third kappa shape index (κ3) is 4.16. The number of nitrogens with zero attached hydrogens (tertiary/aromatic N) is 2. The van der Waals surface area contributed by atoms with Gasteiger partial charge in [0.05, 0.1) is 17.5 Å². The number of carbonyl (C=O) groups is 2. The molecule has 3 rings (SSSR count). The van der Waals surface area contributed by atoms with Gasteiger partial charge < -0.3 is 14.8 Å². The number of amides is 1. The molecule has 2 atom stereocenters. The molecule has 2 aliphatic heterocycles. The van der Waals surface area contributed by atoms with Crippen molar-refractivity contribution < 1.29 is 23.1 Å². The van der Waals surface area contributed by atoms with Crippen LogP contribution in [0.5, 0.6) is 0 Å². The van der Waals surface area contributed by atoms with E-state index in [-0.39, 0.29) is 29.2 Å². The van der Waals surface area contributed by atoms with E-state index in [1.165, 1.54) is 11.8 Å². The van der Waals surface area contributed by atoms with Crippen LogP contribution < -0.4 is 10.0 Å². The summed E-state index contributed by atoms with van der Waals surface area (Å²) in [7, 11) is -3.15. The van der Waals surface area contributed by atoms with Gasteiger partial charge in [0.2, 0.25) is 5.91 Å². The van der Waals surface area contributed by atoms with Gasteiger partial charge in [-0.2, -0.15) is 4.99 Å². The van der Waals surface area contributed by atoms with E-state index in [9.17, 15) is 23.1 Å². The van der Waals surface area contributed by atoms with Crippen molar-refractivity contribution in [1.82, 2.24) is 0 Å². The second-order valence-electron chi connectivity index (χ2n) is 5.81. The molecule has 1 aromatic carbocycles. The van der Waals surface area contributed by atoms with Gasteiger partial charge in [0, 0.05) is 28.4 Å². The molecule has 0 N–H and O–H groups in total. The van der Waals surface area contributed by atoms with Gasteiger partial charge in [-0.1, -0.05) is 29.4 Å². The Morgan fingerprint density at radius 3 is 2.76 bits per heavy atom. The predicted molar refractivity (Wildman–Crippen MR) is 94.4 cm³/mol. The van der Waals surface area contributed by atoms with Crippen LogP contribution in [0.3, 0.4) is 0 Å². The van der Waals surface area contributed by atoms with E-state index in [2.05, 4.69) is 4.99 Å². The number of carbonyl (C=O) groups excluding carboxylic acids is 2. The zero-order chi connectivity index (χ0) is 18.2. The van der Waals surface area contributed by atoms with Crippen molar-refractivity contribution in [3.63, 3.8) is 0 Å². The molecule has 134 valence electrons. The minimum Gasteiger partial charge on any atom is -0.550 e. The van der Waals surface area contributed by atoms with Crippen LogP contribution >= 0.6 is 23.4 Å². The monoisotopic (exact) mass is 401 g/mol. The number of aliphatic imine (C=N–C) groups is 1. The van der Waals surface area contributed by atoms with Crippen LogP contribution in [0.15, 0.2) is 29.3 Å². The van der Waals surface area contributed by atoms with E-state index in [1.807, 2.05) is 0 Å². The van der Waals surface area contributed by atoms with Crippen LogP contribution in [0.2, 0.25) is 5.02 Å². The molecule has 7 nitrogen and oxygen atoms in total. The molecule has 0 saturated carbocycles. The van der Waals surface area contributed by atoms with Crippen LogP contribution in [0.1, 0.15) is 12.8 Å². The van der Waals surface area contributed by atoms with E-state index >= 15 is 0 Å². The number of hydrogen-bond acceptors (Lipinski definition) is 6. The number of benzene rings is 1. The Morgan fingerprint density at radius 1 is 1.32 bits per heavy atom. The van der Waals surface area contributed by atoms with E-state index in [1.54, 1.807) is 29.2 Å². The molecule has 0 radical (unpaired) electrons. The average Bonchev–Trinajstić information content (AvgIpc) is 2.96. The predicted octanol–water partition coefficient (Wildman–Crippen LogP) is 0.472. The lowest BCUT2D eigenvalue weighted by molar-refractivity contribution is -0.305. The lowest BCUT2D eigenvalue weighted by atomic mass is 10.2. The molecule has 0 aliphatic carbocycles. The average molecular weight is 402 g/mol. The van der Waals surface area contributed by atoms with Crippen molar-refractivity contribution in [3.8, 4) is 0 Å². The molecule has 1 amide bonds. The minimum absolute atomic E-state index is 0.0195. The van der Waals surface area contributed by atoms with Crippen molar-refractivity contribution in [3.05, 3.63) is 29.3 Å². The number of aliphatic carboxylic acids is 1. The first-order chi connectivity index (χ1) is 11.7.